The number of aryl methyl sites for hydroxylation is 1. The molecule has 1 N–H and O–H groups in total. The van der Waals surface area contributed by atoms with Gasteiger partial charge in [-0.25, -0.2) is 8.42 Å². The van der Waals surface area contributed by atoms with Crippen LogP contribution in [0.15, 0.2) is 41.3 Å². The highest BCUT2D eigenvalue weighted by molar-refractivity contribution is 7.92. The van der Waals surface area contributed by atoms with Crippen LogP contribution in [0.25, 0.3) is 0 Å². The summed E-state index contributed by atoms with van der Waals surface area (Å²) in [5, 5.41) is 10.8. The van der Waals surface area contributed by atoms with Gasteiger partial charge in [0.05, 0.1) is 22.1 Å². The first-order chi connectivity index (χ1) is 12.1. The highest BCUT2D eigenvalue weighted by Gasteiger charge is 2.24. The van der Waals surface area contributed by atoms with E-state index in [1.807, 2.05) is 20.8 Å². The van der Waals surface area contributed by atoms with Gasteiger partial charge < -0.3 is 4.74 Å². The summed E-state index contributed by atoms with van der Waals surface area (Å²) < 4.78 is 33.1. The summed E-state index contributed by atoms with van der Waals surface area (Å²) >= 11 is 6.09. The van der Waals surface area contributed by atoms with Crippen molar-refractivity contribution in [3.8, 4) is 5.75 Å². The third-order valence-electron chi connectivity index (χ3n) is 3.41. The maximum Gasteiger partial charge on any atom is 0.291 e. The fraction of sp³-hybridized carbons (Fsp3) is 0.294. The lowest BCUT2D eigenvalue weighted by Crippen LogP contribution is -2.15. The summed E-state index contributed by atoms with van der Waals surface area (Å²) in [6, 6.07) is 8.70. The lowest BCUT2D eigenvalue weighted by Gasteiger charge is -2.16. The zero-order chi connectivity index (χ0) is 19.5. The first-order valence-electron chi connectivity index (χ1n) is 7.81. The number of anilines is 1. The van der Waals surface area contributed by atoms with Gasteiger partial charge >= 0.3 is 0 Å². The monoisotopic (exact) mass is 398 g/mol. The molecule has 0 spiro atoms. The summed E-state index contributed by atoms with van der Waals surface area (Å²) in [4.78, 5) is 10.5. The van der Waals surface area contributed by atoms with Crippen molar-refractivity contribution in [1.82, 2.24) is 0 Å². The standard InChI is InChI=1S/C17H19ClN2O5S/c1-11(2)10-25-17-14(8-9-15(16(17)18)20(21)22)19-26(23,24)13-6-4-12(3)5-7-13/h4-9,11,19H,10H2,1-3H3. The number of rotatable bonds is 7. The van der Waals surface area contributed by atoms with Crippen LogP contribution in [0.3, 0.4) is 0 Å². The second kappa shape index (κ2) is 7.92. The molecule has 0 fully saturated rings. The maximum atomic E-state index is 12.6. The Morgan fingerprint density at radius 1 is 1.19 bits per heavy atom. The SMILES string of the molecule is Cc1ccc(S(=O)(=O)Nc2ccc([N+](=O)[O-])c(Cl)c2OCC(C)C)cc1. The van der Waals surface area contributed by atoms with Crippen molar-refractivity contribution in [1.29, 1.82) is 0 Å². The summed E-state index contributed by atoms with van der Waals surface area (Å²) in [5.74, 6) is 0.0529. The number of hydrogen-bond donors (Lipinski definition) is 1. The van der Waals surface area contributed by atoms with Crippen LogP contribution in [-0.2, 0) is 10.0 Å². The van der Waals surface area contributed by atoms with Crippen LogP contribution in [0.5, 0.6) is 5.75 Å². The van der Waals surface area contributed by atoms with Gasteiger partial charge in [-0.3, -0.25) is 14.8 Å². The molecule has 0 unspecified atom stereocenters. The Morgan fingerprint density at radius 3 is 2.35 bits per heavy atom. The Kier molecular flexibility index (Phi) is 6.09. The van der Waals surface area contributed by atoms with Crippen LogP contribution < -0.4 is 9.46 Å². The number of nitro benzene ring substituents is 1. The van der Waals surface area contributed by atoms with Crippen molar-refractivity contribution >= 4 is 33.0 Å². The van der Waals surface area contributed by atoms with E-state index < -0.39 is 14.9 Å². The number of nitro groups is 1. The molecule has 0 aliphatic carbocycles. The van der Waals surface area contributed by atoms with Gasteiger partial charge in [-0.2, -0.15) is 0 Å². The molecule has 0 radical (unpaired) electrons. The minimum atomic E-state index is -3.90. The van der Waals surface area contributed by atoms with Gasteiger partial charge in [0.15, 0.2) is 10.8 Å². The average molecular weight is 399 g/mol. The van der Waals surface area contributed by atoms with Gasteiger partial charge in [0, 0.05) is 6.07 Å². The molecule has 0 aliphatic rings. The molecule has 26 heavy (non-hydrogen) atoms. The predicted molar refractivity (Wildman–Crippen MR) is 100 cm³/mol. The zero-order valence-electron chi connectivity index (χ0n) is 14.5. The van der Waals surface area contributed by atoms with E-state index in [0.29, 0.717) is 0 Å². The molecule has 0 atom stereocenters. The van der Waals surface area contributed by atoms with E-state index >= 15 is 0 Å². The Balaban J connectivity index is 2.45. The molecule has 0 bridgehead atoms. The Labute approximate surface area is 157 Å². The molecule has 2 aromatic carbocycles. The number of hydrogen-bond acceptors (Lipinski definition) is 5. The van der Waals surface area contributed by atoms with E-state index in [-0.39, 0.29) is 39.6 Å². The van der Waals surface area contributed by atoms with E-state index in [1.54, 1.807) is 12.1 Å². The maximum absolute atomic E-state index is 12.6. The van der Waals surface area contributed by atoms with E-state index in [4.69, 9.17) is 16.3 Å². The Morgan fingerprint density at radius 2 is 1.81 bits per heavy atom. The second-order valence-electron chi connectivity index (χ2n) is 6.16. The van der Waals surface area contributed by atoms with Crippen molar-refractivity contribution in [3.05, 3.63) is 57.1 Å². The zero-order valence-corrected chi connectivity index (χ0v) is 16.1. The van der Waals surface area contributed by atoms with E-state index in [0.717, 1.165) is 11.6 Å². The molecule has 140 valence electrons. The number of nitrogens with zero attached hydrogens (tertiary/aromatic N) is 1. The summed E-state index contributed by atoms with van der Waals surface area (Å²) in [6.07, 6.45) is 0. The minimum Gasteiger partial charge on any atom is -0.489 e. The van der Waals surface area contributed by atoms with Gasteiger partial charge in [0.25, 0.3) is 15.7 Å². The second-order valence-corrected chi connectivity index (χ2v) is 8.22. The quantitative estimate of drug-likeness (QED) is 0.550. The van der Waals surface area contributed by atoms with Crippen molar-refractivity contribution in [3.63, 3.8) is 0 Å². The van der Waals surface area contributed by atoms with Crippen LogP contribution in [0.2, 0.25) is 5.02 Å². The Bertz CT molecular complexity index is 911. The molecule has 0 heterocycles. The normalized spacial score (nSPS) is 11.4. The van der Waals surface area contributed by atoms with E-state index in [2.05, 4.69) is 4.72 Å². The minimum absolute atomic E-state index is 0.0434. The molecule has 0 aromatic heterocycles. The largest absolute Gasteiger partial charge is 0.489 e. The van der Waals surface area contributed by atoms with Crippen molar-refractivity contribution in [2.45, 2.75) is 25.7 Å². The van der Waals surface area contributed by atoms with E-state index in [9.17, 15) is 18.5 Å². The lowest BCUT2D eigenvalue weighted by molar-refractivity contribution is -0.384. The van der Waals surface area contributed by atoms with Crippen LogP contribution in [0.1, 0.15) is 19.4 Å². The van der Waals surface area contributed by atoms with Crippen LogP contribution in [0, 0.1) is 23.0 Å². The molecular formula is C17H19ClN2O5S. The summed E-state index contributed by atoms with van der Waals surface area (Å²) in [7, 11) is -3.90. The van der Waals surface area contributed by atoms with Crippen LogP contribution in [-0.4, -0.2) is 19.9 Å². The number of ether oxygens (including phenoxy) is 1. The topological polar surface area (TPSA) is 98.5 Å². The highest BCUT2D eigenvalue weighted by Crippen LogP contribution is 2.41. The van der Waals surface area contributed by atoms with Gasteiger partial charge in [-0.15, -0.1) is 0 Å². The summed E-state index contributed by atoms with van der Waals surface area (Å²) in [5.41, 5.74) is 0.605. The van der Waals surface area contributed by atoms with Gasteiger partial charge in [-0.05, 0) is 31.0 Å². The molecular weight excluding hydrogens is 380 g/mol. The molecule has 2 aromatic rings. The molecule has 7 nitrogen and oxygen atoms in total. The van der Waals surface area contributed by atoms with Crippen molar-refractivity contribution in [2.24, 2.45) is 5.92 Å². The average Bonchev–Trinajstić information content (AvgIpc) is 2.54. The van der Waals surface area contributed by atoms with Gasteiger partial charge in [-0.1, -0.05) is 43.1 Å². The first-order valence-corrected chi connectivity index (χ1v) is 9.67. The van der Waals surface area contributed by atoms with E-state index in [1.165, 1.54) is 18.2 Å². The lowest BCUT2D eigenvalue weighted by atomic mass is 10.2. The Hall–Kier alpha value is -2.32. The molecule has 2 rings (SSSR count). The number of halogens is 1. The fourth-order valence-corrected chi connectivity index (χ4v) is 3.43. The van der Waals surface area contributed by atoms with Gasteiger partial charge in [0.1, 0.15) is 0 Å². The summed E-state index contributed by atoms with van der Waals surface area (Å²) in [6.45, 7) is 5.85. The van der Waals surface area contributed by atoms with Crippen molar-refractivity contribution in [2.75, 3.05) is 11.3 Å². The number of benzene rings is 2. The smallest absolute Gasteiger partial charge is 0.291 e. The first kappa shape index (κ1) is 20.0. The molecule has 0 amide bonds. The number of nitrogens with one attached hydrogen (secondary N) is 1. The predicted octanol–water partition coefficient (Wildman–Crippen LogP) is 4.39. The fourth-order valence-electron chi connectivity index (χ4n) is 2.08. The third kappa shape index (κ3) is 4.64. The van der Waals surface area contributed by atoms with Crippen molar-refractivity contribution < 1.29 is 18.1 Å². The molecule has 9 heteroatoms. The molecule has 0 aliphatic heterocycles. The molecule has 0 saturated carbocycles. The molecule has 0 saturated heterocycles. The van der Waals surface area contributed by atoms with Crippen LogP contribution in [0.4, 0.5) is 11.4 Å². The number of sulfonamides is 1. The van der Waals surface area contributed by atoms with Gasteiger partial charge in [0.2, 0.25) is 0 Å². The third-order valence-corrected chi connectivity index (χ3v) is 5.16. The highest BCUT2D eigenvalue weighted by atomic mass is 35.5. The van der Waals surface area contributed by atoms with Crippen LogP contribution >= 0.6 is 11.6 Å².